The van der Waals surface area contributed by atoms with E-state index in [0.29, 0.717) is 17.9 Å². The fourth-order valence-electron chi connectivity index (χ4n) is 2.17. The predicted octanol–water partition coefficient (Wildman–Crippen LogP) is 1.73. The van der Waals surface area contributed by atoms with Crippen molar-refractivity contribution in [1.82, 2.24) is 4.98 Å². The van der Waals surface area contributed by atoms with Crippen molar-refractivity contribution in [1.29, 1.82) is 0 Å². The van der Waals surface area contributed by atoms with Gasteiger partial charge in [0.15, 0.2) is 0 Å². The monoisotopic (exact) mass is 240 g/mol. The zero-order valence-corrected chi connectivity index (χ0v) is 9.71. The fourth-order valence-corrected chi connectivity index (χ4v) is 2.17. The van der Waals surface area contributed by atoms with E-state index < -0.39 is 0 Å². The molecule has 0 aliphatic carbocycles. The van der Waals surface area contributed by atoms with Crippen LogP contribution >= 0.6 is 0 Å². The molecule has 0 unspecified atom stereocenters. The molecule has 2 heterocycles. The van der Waals surface area contributed by atoms with E-state index in [0.717, 1.165) is 11.1 Å². The van der Waals surface area contributed by atoms with Crippen molar-refractivity contribution in [3.05, 3.63) is 59.3 Å². The highest BCUT2D eigenvalue weighted by Crippen LogP contribution is 2.27. The molecule has 1 N–H and O–H groups in total. The Labute approximate surface area is 105 Å². The summed E-state index contributed by atoms with van der Waals surface area (Å²) in [5.41, 5.74) is 2.46. The molecule has 4 nitrogen and oxygen atoms in total. The zero-order valence-electron chi connectivity index (χ0n) is 9.71. The first-order chi connectivity index (χ1) is 8.79. The summed E-state index contributed by atoms with van der Waals surface area (Å²) >= 11 is 0. The van der Waals surface area contributed by atoms with E-state index in [2.05, 4.69) is 4.98 Å². The highest BCUT2D eigenvalue weighted by atomic mass is 16.3. The molecular weight excluding hydrogens is 228 g/mol. The smallest absolute Gasteiger partial charge is 0.260 e. The fraction of sp³-hybridized carbons (Fsp3) is 0.143. The second-order valence-electron chi connectivity index (χ2n) is 4.23. The predicted molar refractivity (Wildman–Crippen MR) is 67.1 cm³/mol. The molecule has 3 rings (SSSR count). The SMILES string of the molecule is O=C1c2ccc(CO)cc2CN1c1ccccn1. The van der Waals surface area contributed by atoms with Crippen LogP contribution in [0.5, 0.6) is 0 Å². The van der Waals surface area contributed by atoms with Gasteiger partial charge in [-0.25, -0.2) is 4.98 Å². The topological polar surface area (TPSA) is 53.4 Å². The van der Waals surface area contributed by atoms with Crippen molar-refractivity contribution in [2.45, 2.75) is 13.2 Å². The number of fused-ring (bicyclic) bond motifs is 1. The largest absolute Gasteiger partial charge is 0.392 e. The third-order valence-electron chi connectivity index (χ3n) is 3.08. The molecule has 18 heavy (non-hydrogen) atoms. The lowest BCUT2D eigenvalue weighted by Crippen LogP contribution is -2.23. The summed E-state index contributed by atoms with van der Waals surface area (Å²) in [6.07, 6.45) is 1.67. The summed E-state index contributed by atoms with van der Waals surface area (Å²) in [4.78, 5) is 18.1. The van der Waals surface area contributed by atoms with Crippen molar-refractivity contribution in [2.75, 3.05) is 4.90 Å². The van der Waals surface area contributed by atoms with Gasteiger partial charge in [-0.05, 0) is 29.3 Å². The number of rotatable bonds is 2. The minimum absolute atomic E-state index is 0.00887. The minimum Gasteiger partial charge on any atom is -0.392 e. The Morgan fingerprint density at radius 2 is 2.17 bits per heavy atom. The van der Waals surface area contributed by atoms with E-state index in [-0.39, 0.29) is 12.5 Å². The van der Waals surface area contributed by atoms with Crippen LogP contribution in [0.15, 0.2) is 42.6 Å². The summed E-state index contributed by atoms with van der Waals surface area (Å²) < 4.78 is 0. The maximum absolute atomic E-state index is 12.2. The second kappa shape index (κ2) is 4.23. The molecule has 1 aromatic carbocycles. The second-order valence-corrected chi connectivity index (χ2v) is 4.23. The number of aliphatic hydroxyl groups is 1. The number of aliphatic hydroxyl groups excluding tert-OH is 1. The Morgan fingerprint density at radius 1 is 1.28 bits per heavy atom. The van der Waals surface area contributed by atoms with Gasteiger partial charge in [-0.2, -0.15) is 0 Å². The molecule has 0 saturated heterocycles. The van der Waals surface area contributed by atoms with Gasteiger partial charge in [0, 0.05) is 11.8 Å². The van der Waals surface area contributed by atoms with Crippen molar-refractivity contribution < 1.29 is 9.90 Å². The highest BCUT2D eigenvalue weighted by Gasteiger charge is 2.28. The third kappa shape index (κ3) is 1.67. The quantitative estimate of drug-likeness (QED) is 0.869. The third-order valence-corrected chi connectivity index (χ3v) is 3.08. The standard InChI is InChI=1S/C14H12N2O2/c17-9-10-4-5-12-11(7-10)8-16(14(12)18)13-3-1-2-6-15-13/h1-7,17H,8-9H2. The maximum Gasteiger partial charge on any atom is 0.260 e. The van der Waals surface area contributed by atoms with Crippen LogP contribution in [0.2, 0.25) is 0 Å². The van der Waals surface area contributed by atoms with Gasteiger partial charge < -0.3 is 5.11 Å². The first kappa shape index (κ1) is 10.9. The number of hydrogen-bond donors (Lipinski definition) is 1. The maximum atomic E-state index is 12.2. The molecule has 0 spiro atoms. The van der Waals surface area contributed by atoms with Crippen LogP contribution in [0.25, 0.3) is 0 Å². The van der Waals surface area contributed by atoms with E-state index in [1.165, 1.54) is 0 Å². The Bertz CT molecular complexity index is 596. The molecule has 1 aliphatic rings. The number of amides is 1. The van der Waals surface area contributed by atoms with Gasteiger partial charge in [0.25, 0.3) is 5.91 Å². The summed E-state index contributed by atoms with van der Waals surface area (Å²) in [5, 5.41) is 9.11. The van der Waals surface area contributed by atoms with Gasteiger partial charge >= 0.3 is 0 Å². The van der Waals surface area contributed by atoms with Gasteiger partial charge in [-0.15, -0.1) is 0 Å². The molecule has 0 bridgehead atoms. The van der Waals surface area contributed by atoms with Crippen molar-refractivity contribution in [2.24, 2.45) is 0 Å². The van der Waals surface area contributed by atoms with Crippen molar-refractivity contribution >= 4 is 11.7 Å². The van der Waals surface area contributed by atoms with Crippen LogP contribution in [0.4, 0.5) is 5.82 Å². The van der Waals surface area contributed by atoms with Crippen molar-refractivity contribution in [3.63, 3.8) is 0 Å². The van der Waals surface area contributed by atoms with E-state index >= 15 is 0 Å². The summed E-state index contributed by atoms with van der Waals surface area (Å²) in [6.45, 7) is 0.504. The number of anilines is 1. The molecular formula is C14H12N2O2. The van der Waals surface area contributed by atoms with Gasteiger partial charge in [0.05, 0.1) is 13.2 Å². The Balaban J connectivity index is 1.99. The van der Waals surface area contributed by atoms with Crippen LogP contribution in [0.1, 0.15) is 21.5 Å². The first-order valence-corrected chi connectivity index (χ1v) is 5.75. The number of benzene rings is 1. The molecule has 0 atom stereocenters. The number of hydrogen-bond acceptors (Lipinski definition) is 3. The van der Waals surface area contributed by atoms with E-state index in [4.69, 9.17) is 5.11 Å². The average molecular weight is 240 g/mol. The number of pyridine rings is 1. The Hall–Kier alpha value is -2.20. The summed E-state index contributed by atoms with van der Waals surface area (Å²) in [5.74, 6) is 0.623. The lowest BCUT2D eigenvalue weighted by Gasteiger charge is -2.13. The number of carbonyl (C=O) groups excluding carboxylic acids is 1. The molecule has 0 fully saturated rings. The van der Waals surface area contributed by atoms with Crippen LogP contribution in [-0.2, 0) is 13.2 Å². The highest BCUT2D eigenvalue weighted by molar-refractivity contribution is 6.09. The van der Waals surface area contributed by atoms with E-state index in [1.807, 2.05) is 24.3 Å². The molecule has 2 aromatic rings. The molecule has 1 aromatic heterocycles. The normalized spacial score (nSPS) is 13.8. The van der Waals surface area contributed by atoms with Crippen LogP contribution in [0.3, 0.4) is 0 Å². The molecule has 1 aliphatic heterocycles. The molecule has 4 heteroatoms. The average Bonchev–Trinajstić information content (AvgIpc) is 2.76. The van der Waals surface area contributed by atoms with E-state index in [9.17, 15) is 4.79 Å². The van der Waals surface area contributed by atoms with Crippen LogP contribution in [0, 0.1) is 0 Å². The minimum atomic E-state index is -0.0341. The molecule has 0 radical (unpaired) electrons. The zero-order chi connectivity index (χ0) is 12.5. The first-order valence-electron chi connectivity index (χ1n) is 5.75. The van der Waals surface area contributed by atoms with Crippen molar-refractivity contribution in [3.8, 4) is 0 Å². The van der Waals surface area contributed by atoms with Gasteiger partial charge in [0.2, 0.25) is 0 Å². The van der Waals surface area contributed by atoms with Crippen LogP contribution in [-0.4, -0.2) is 16.0 Å². The lowest BCUT2D eigenvalue weighted by molar-refractivity contribution is 0.0996. The summed E-state index contributed by atoms with van der Waals surface area (Å²) in [6, 6.07) is 10.9. The number of carbonyl (C=O) groups is 1. The van der Waals surface area contributed by atoms with Gasteiger partial charge in [-0.1, -0.05) is 18.2 Å². The molecule has 1 amide bonds. The lowest BCUT2D eigenvalue weighted by atomic mass is 10.1. The Morgan fingerprint density at radius 3 is 2.89 bits per heavy atom. The number of aromatic nitrogens is 1. The van der Waals surface area contributed by atoms with Gasteiger partial charge in [0.1, 0.15) is 5.82 Å². The van der Waals surface area contributed by atoms with Gasteiger partial charge in [-0.3, -0.25) is 9.69 Å². The summed E-state index contributed by atoms with van der Waals surface area (Å²) in [7, 11) is 0. The van der Waals surface area contributed by atoms with Crippen LogP contribution < -0.4 is 4.90 Å². The molecule has 0 saturated carbocycles. The molecule has 90 valence electrons. The number of nitrogens with zero attached hydrogens (tertiary/aromatic N) is 2. The van der Waals surface area contributed by atoms with E-state index in [1.54, 1.807) is 23.2 Å². The Kier molecular flexibility index (Phi) is 2.57.